The van der Waals surface area contributed by atoms with E-state index in [2.05, 4.69) is 4.74 Å². The largest absolute Gasteiger partial charge is 0.468 e. The number of rotatable bonds is 1. The zero-order valence-electron chi connectivity index (χ0n) is 9.83. The number of ketones is 1. The first-order valence-corrected chi connectivity index (χ1v) is 5.60. The number of hydrogen-bond acceptors (Lipinski definition) is 3. The van der Waals surface area contributed by atoms with Crippen molar-refractivity contribution in [2.75, 3.05) is 7.11 Å². The summed E-state index contributed by atoms with van der Waals surface area (Å²) in [5.41, 5.74) is 1.07. The molecule has 0 aromatic heterocycles. The molecule has 1 atom stereocenters. The number of carbonyl (C=O) groups excluding carboxylic acids is 2. The third-order valence-corrected chi connectivity index (χ3v) is 3.18. The van der Waals surface area contributed by atoms with Gasteiger partial charge in [0.1, 0.15) is 11.7 Å². The molecule has 1 unspecified atom stereocenters. The predicted molar refractivity (Wildman–Crippen MR) is 58.9 cm³/mol. The summed E-state index contributed by atoms with van der Waals surface area (Å²) in [5, 5.41) is 0. The van der Waals surface area contributed by atoms with Crippen molar-refractivity contribution in [2.24, 2.45) is 5.92 Å². The standard InChI is InChI=1S/C13H12F2O3/c1-18-13(17)9-4-8-6-11(15)10(14)5-7(8)2-3-12(9)16/h5-6,9H,2-4H2,1H3. The van der Waals surface area contributed by atoms with Gasteiger partial charge in [-0.2, -0.15) is 0 Å². The van der Waals surface area contributed by atoms with Crippen molar-refractivity contribution in [3.05, 3.63) is 34.9 Å². The van der Waals surface area contributed by atoms with Crippen LogP contribution in [0.5, 0.6) is 0 Å². The number of carbonyl (C=O) groups is 2. The summed E-state index contributed by atoms with van der Waals surface area (Å²) >= 11 is 0. The average molecular weight is 254 g/mol. The zero-order valence-corrected chi connectivity index (χ0v) is 9.83. The molecule has 0 radical (unpaired) electrons. The quantitative estimate of drug-likeness (QED) is 0.436. The molecular formula is C13H12F2O3. The molecule has 1 aromatic rings. The topological polar surface area (TPSA) is 43.4 Å². The molecule has 18 heavy (non-hydrogen) atoms. The van der Waals surface area contributed by atoms with Crippen molar-refractivity contribution in [1.82, 2.24) is 0 Å². The van der Waals surface area contributed by atoms with Crippen molar-refractivity contribution in [2.45, 2.75) is 19.3 Å². The lowest BCUT2D eigenvalue weighted by molar-refractivity contribution is -0.149. The highest BCUT2D eigenvalue weighted by Crippen LogP contribution is 2.25. The monoisotopic (exact) mass is 254 g/mol. The molecule has 0 N–H and O–H groups in total. The fourth-order valence-electron chi connectivity index (χ4n) is 2.17. The van der Waals surface area contributed by atoms with Gasteiger partial charge in [0.05, 0.1) is 7.11 Å². The number of methoxy groups -OCH3 is 1. The van der Waals surface area contributed by atoms with E-state index >= 15 is 0 Å². The Balaban J connectivity index is 2.39. The average Bonchev–Trinajstić information content (AvgIpc) is 2.50. The van der Waals surface area contributed by atoms with Crippen LogP contribution in [0.1, 0.15) is 17.5 Å². The fourth-order valence-corrected chi connectivity index (χ4v) is 2.17. The zero-order chi connectivity index (χ0) is 13.3. The van der Waals surface area contributed by atoms with E-state index in [-0.39, 0.29) is 18.6 Å². The van der Waals surface area contributed by atoms with Crippen LogP contribution < -0.4 is 0 Å². The van der Waals surface area contributed by atoms with Gasteiger partial charge in [-0.3, -0.25) is 9.59 Å². The lowest BCUT2D eigenvalue weighted by Gasteiger charge is -2.11. The van der Waals surface area contributed by atoms with Crippen molar-refractivity contribution in [1.29, 1.82) is 0 Å². The van der Waals surface area contributed by atoms with Gasteiger partial charge in [0.25, 0.3) is 0 Å². The van der Waals surface area contributed by atoms with Crippen LogP contribution in [-0.2, 0) is 27.2 Å². The molecule has 1 aliphatic rings. The molecule has 3 nitrogen and oxygen atoms in total. The van der Waals surface area contributed by atoms with E-state index in [1.165, 1.54) is 7.11 Å². The van der Waals surface area contributed by atoms with Gasteiger partial charge < -0.3 is 4.74 Å². The van der Waals surface area contributed by atoms with Gasteiger partial charge in [-0.15, -0.1) is 0 Å². The molecule has 0 fully saturated rings. The van der Waals surface area contributed by atoms with E-state index in [9.17, 15) is 18.4 Å². The summed E-state index contributed by atoms with van der Waals surface area (Å²) in [4.78, 5) is 23.2. The Morgan fingerprint density at radius 3 is 2.44 bits per heavy atom. The van der Waals surface area contributed by atoms with Crippen molar-refractivity contribution in [3.8, 4) is 0 Å². The first-order chi connectivity index (χ1) is 8.52. The van der Waals surface area contributed by atoms with E-state index in [1.807, 2.05) is 0 Å². The van der Waals surface area contributed by atoms with Crippen LogP contribution in [0.2, 0.25) is 0 Å². The Kier molecular flexibility index (Phi) is 3.41. The minimum atomic E-state index is -0.966. The second-order valence-electron chi connectivity index (χ2n) is 4.28. The van der Waals surface area contributed by atoms with Gasteiger partial charge >= 0.3 is 5.97 Å². The van der Waals surface area contributed by atoms with Crippen molar-refractivity contribution < 1.29 is 23.1 Å². The molecule has 0 heterocycles. The van der Waals surface area contributed by atoms with Crippen LogP contribution in [0.25, 0.3) is 0 Å². The molecule has 0 amide bonds. The smallest absolute Gasteiger partial charge is 0.316 e. The Hall–Kier alpha value is -1.78. The van der Waals surface area contributed by atoms with Crippen LogP contribution in [0, 0.1) is 17.6 Å². The number of esters is 1. The molecule has 96 valence electrons. The number of Topliss-reactive ketones (excluding diaryl/α,β-unsaturated/α-hetero) is 1. The Morgan fingerprint density at radius 2 is 1.83 bits per heavy atom. The lowest BCUT2D eigenvalue weighted by Crippen LogP contribution is -2.26. The van der Waals surface area contributed by atoms with Gasteiger partial charge in [0, 0.05) is 6.42 Å². The normalized spacial score (nSPS) is 19.1. The molecule has 0 spiro atoms. The molecule has 0 saturated heterocycles. The van der Waals surface area contributed by atoms with Crippen LogP contribution in [0.15, 0.2) is 12.1 Å². The molecule has 2 rings (SSSR count). The number of fused-ring (bicyclic) bond motifs is 1. The maximum absolute atomic E-state index is 13.2. The number of hydrogen-bond donors (Lipinski definition) is 0. The summed E-state index contributed by atoms with van der Waals surface area (Å²) in [6.45, 7) is 0. The summed E-state index contributed by atoms with van der Waals surface area (Å²) in [7, 11) is 1.20. The highest BCUT2D eigenvalue weighted by Gasteiger charge is 2.31. The summed E-state index contributed by atoms with van der Waals surface area (Å²) in [6.07, 6.45) is 0.523. The van der Waals surface area contributed by atoms with Crippen molar-refractivity contribution >= 4 is 11.8 Å². The van der Waals surface area contributed by atoms with Gasteiger partial charge in [-0.05, 0) is 36.1 Å². The van der Waals surface area contributed by atoms with E-state index in [4.69, 9.17) is 0 Å². The molecule has 1 aliphatic carbocycles. The van der Waals surface area contributed by atoms with E-state index in [1.54, 1.807) is 0 Å². The molecule has 0 saturated carbocycles. The summed E-state index contributed by atoms with van der Waals surface area (Å²) in [5.74, 6) is -3.69. The second-order valence-corrected chi connectivity index (χ2v) is 4.28. The van der Waals surface area contributed by atoms with Gasteiger partial charge in [-0.1, -0.05) is 0 Å². The first kappa shape index (κ1) is 12.7. The molecule has 5 heteroatoms. The van der Waals surface area contributed by atoms with Gasteiger partial charge in [0.15, 0.2) is 11.6 Å². The number of aryl methyl sites for hydroxylation is 1. The molecule has 0 bridgehead atoms. The van der Waals surface area contributed by atoms with Crippen molar-refractivity contribution in [3.63, 3.8) is 0 Å². The molecule has 1 aromatic carbocycles. The van der Waals surface area contributed by atoms with Gasteiger partial charge in [0.2, 0.25) is 0 Å². The minimum absolute atomic E-state index is 0.0675. The third kappa shape index (κ3) is 2.25. The van der Waals surface area contributed by atoms with Crippen LogP contribution in [-0.4, -0.2) is 18.9 Å². The SMILES string of the molecule is COC(=O)C1Cc2cc(F)c(F)cc2CCC1=O. The maximum Gasteiger partial charge on any atom is 0.316 e. The predicted octanol–water partition coefficient (Wildman–Crippen LogP) is 1.81. The Labute approximate surface area is 103 Å². The summed E-state index contributed by atoms with van der Waals surface area (Å²) in [6, 6.07) is 2.15. The van der Waals surface area contributed by atoms with E-state index in [0.29, 0.717) is 17.5 Å². The molecular weight excluding hydrogens is 242 g/mol. The van der Waals surface area contributed by atoms with Crippen LogP contribution in [0.4, 0.5) is 8.78 Å². The number of ether oxygens (including phenoxy) is 1. The Morgan fingerprint density at radius 1 is 1.22 bits per heavy atom. The second kappa shape index (κ2) is 4.84. The lowest BCUT2D eigenvalue weighted by atomic mass is 9.96. The highest BCUT2D eigenvalue weighted by molar-refractivity contribution is 5.99. The maximum atomic E-state index is 13.2. The Bertz CT molecular complexity index is 511. The highest BCUT2D eigenvalue weighted by atomic mass is 19.2. The van der Waals surface area contributed by atoms with Crippen LogP contribution in [0.3, 0.4) is 0 Å². The van der Waals surface area contributed by atoms with E-state index in [0.717, 1.165) is 12.1 Å². The number of benzene rings is 1. The minimum Gasteiger partial charge on any atom is -0.468 e. The van der Waals surface area contributed by atoms with Crippen LogP contribution >= 0.6 is 0 Å². The fraction of sp³-hybridized carbons (Fsp3) is 0.385. The van der Waals surface area contributed by atoms with E-state index < -0.39 is 23.5 Å². The summed E-state index contributed by atoms with van der Waals surface area (Å²) < 4.78 is 30.8. The first-order valence-electron chi connectivity index (χ1n) is 5.60. The third-order valence-electron chi connectivity index (χ3n) is 3.18. The number of halogens is 2. The molecule has 0 aliphatic heterocycles. The van der Waals surface area contributed by atoms with Gasteiger partial charge in [-0.25, -0.2) is 8.78 Å².